The quantitative estimate of drug-likeness (QED) is 0.226. The maximum atomic E-state index is 13.0. The van der Waals surface area contributed by atoms with Gasteiger partial charge in [-0.3, -0.25) is 19.6 Å². The summed E-state index contributed by atoms with van der Waals surface area (Å²) >= 11 is 0. The van der Waals surface area contributed by atoms with E-state index in [1.165, 1.54) is 0 Å². The maximum Gasteiger partial charge on any atom is 0.245 e. The number of hydrogen-bond acceptors (Lipinski definition) is 5. The molecule has 0 saturated carbocycles. The molecule has 3 unspecified atom stereocenters. The van der Waals surface area contributed by atoms with Crippen molar-refractivity contribution >= 4 is 17.7 Å². The lowest BCUT2D eigenvalue weighted by Crippen LogP contribution is -2.52. The number of nitrogens with one attached hydrogen (secondary N) is 2. The van der Waals surface area contributed by atoms with Gasteiger partial charge in [0.25, 0.3) is 0 Å². The van der Waals surface area contributed by atoms with Crippen LogP contribution >= 0.6 is 0 Å². The molecular formula is C20H37N3O5. The molecule has 1 rings (SSSR count). The third kappa shape index (κ3) is 7.75. The second-order valence-corrected chi connectivity index (χ2v) is 8.13. The Bertz CT molecular complexity index is 512. The van der Waals surface area contributed by atoms with E-state index in [0.29, 0.717) is 19.4 Å². The molecule has 0 aromatic heterocycles. The SMILES string of the molecule is CCCCCC(CC(=O)NO)C(=O)NC(CC(C)C)C(=O)N1CCCC1CO. The average Bonchev–Trinajstić information content (AvgIpc) is 3.14. The molecule has 1 saturated heterocycles. The fourth-order valence-electron chi connectivity index (χ4n) is 3.73. The molecule has 0 bridgehead atoms. The summed E-state index contributed by atoms with van der Waals surface area (Å²) in [6, 6.07) is -0.870. The van der Waals surface area contributed by atoms with E-state index >= 15 is 0 Å². The van der Waals surface area contributed by atoms with E-state index in [-0.39, 0.29) is 36.8 Å². The van der Waals surface area contributed by atoms with Crippen molar-refractivity contribution in [3.8, 4) is 0 Å². The van der Waals surface area contributed by atoms with Gasteiger partial charge in [0, 0.05) is 18.9 Å². The predicted molar refractivity (Wildman–Crippen MR) is 105 cm³/mol. The highest BCUT2D eigenvalue weighted by atomic mass is 16.5. The van der Waals surface area contributed by atoms with Crippen molar-refractivity contribution in [3.63, 3.8) is 0 Å². The summed E-state index contributed by atoms with van der Waals surface area (Å²) in [6.45, 7) is 6.53. The fraction of sp³-hybridized carbons (Fsp3) is 0.850. The molecule has 8 heteroatoms. The lowest BCUT2D eigenvalue weighted by Gasteiger charge is -2.30. The second-order valence-electron chi connectivity index (χ2n) is 8.13. The van der Waals surface area contributed by atoms with E-state index in [2.05, 4.69) is 12.2 Å². The van der Waals surface area contributed by atoms with E-state index in [1.54, 1.807) is 10.4 Å². The molecule has 0 aliphatic carbocycles. The van der Waals surface area contributed by atoms with Crippen LogP contribution in [-0.4, -0.2) is 58.2 Å². The number of hydroxylamine groups is 1. The fourth-order valence-corrected chi connectivity index (χ4v) is 3.73. The zero-order valence-electron chi connectivity index (χ0n) is 17.4. The molecule has 3 atom stereocenters. The molecule has 1 fully saturated rings. The Labute approximate surface area is 168 Å². The molecule has 0 aromatic carbocycles. The standard InChI is InChI=1S/C20H37N3O5/c1-4-5-6-8-15(12-18(25)22-28)19(26)21-17(11-14(2)3)20(27)23-10-7-9-16(23)13-24/h14-17,24,28H,4-13H2,1-3H3,(H,21,26)(H,22,25). The van der Waals surface area contributed by atoms with E-state index in [9.17, 15) is 19.5 Å². The zero-order valence-corrected chi connectivity index (χ0v) is 17.4. The van der Waals surface area contributed by atoms with Gasteiger partial charge in [-0.2, -0.15) is 0 Å². The molecule has 3 amide bonds. The van der Waals surface area contributed by atoms with E-state index in [4.69, 9.17) is 5.21 Å². The van der Waals surface area contributed by atoms with Crippen molar-refractivity contribution in [2.24, 2.45) is 11.8 Å². The van der Waals surface area contributed by atoms with E-state index in [0.717, 1.165) is 32.1 Å². The number of likely N-dealkylation sites (tertiary alicyclic amines) is 1. The van der Waals surface area contributed by atoms with E-state index in [1.807, 2.05) is 13.8 Å². The first kappa shape index (κ1) is 24.4. The largest absolute Gasteiger partial charge is 0.394 e. The molecular weight excluding hydrogens is 362 g/mol. The van der Waals surface area contributed by atoms with Crippen molar-refractivity contribution in [2.75, 3.05) is 13.2 Å². The van der Waals surface area contributed by atoms with Crippen molar-refractivity contribution in [3.05, 3.63) is 0 Å². The van der Waals surface area contributed by atoms with Gasteiger partial charge in [-0.15, -0.1) is 0 Å². The number of amides is 3. The first-order valence-corrected chi connectivity index (χ1v) is 10.5. The molecule has 0 spiro atoms. The number of aliphatic hydroxyl groups is 1. The van der Waals surface area contributed by atoms with Crippen molar-refractivity contribution in [1.29, 1.82) is 0 Å². The molecule has 28 heavy (non-hydrogen) atoms. The van der Waals surface area contributed by atoms with Gasteiger partial charge in [-0.25, -0.2) is 5.48 Å². The maximum absolute atomic E-state index is 13.0. The van der Waals surface area contributed by atoms with Gasteiger partial charge < -0.3 is 15.3 Å². The Hall–Kier alpha value is -1.67. The van der Waals surface area contributed by atoms with Crippen molar-refractivity contribution in [1.82, 2.24) is 15.7 Å². The number of aliphatic hydroxyl groups excluding tert-OH is 1. The average molecular weight is 400 g/mol. The van der Waals surface area contributed by atoms with Gasteiger partial charge in [0.2, 0.25) is 17.7 Å². The van der Waals surface area contributed by atoms with Gasteiger partial charge in [-0.1, -0.05) is 40.0 Å². The second kappa shape index (κ2) is 12.7. The summed E-state index contributed by atoms with van der Waals surface area (Å²) in [6.07, 6.45) is 5.26. The monoisotopic (exact) mass is 399 g/mol. The minimum Gasteiger partial charge on any atom is -0.394 e. The lowest BCUT2D eigenvalue weighted by atomic mass is 9.95. The Morgan fingerprint density at radius 1 is 1.21 bits per heavy atom. The van der Waals surface area contributed by atoms with Crippen LogP contribution in [0, 0.1) is 11.8 Å². The molecule has 8 nitrogen and oxygen atoms in total. The van der Waals surface area contributed by atoms with Crippen LogP contribution < -0.4 is 10.8 Å². The Morgan fingerprint density at radius 3 is 2.50 bits per heavy atom. The smallest absolute Gasteiger partial charge is 0.245 e. The summed E-state index contributed by atoms with van der Waals surface area (Å²) < 4.78 is 0. The van der Waals surface area contributed by atoms with Crippen LogP contribution in [0.4, 0.5) is 0 Å². The number of nitrogens with zero attached hydrogens (tertiary/aromatic N) is 1. The van der Waals surface area contributed by atoms with Crippen LogP contribution in [0.25, 0.3) is 0 Å². The van der Waals surface area contributed by atoms with Gasteiger partial charge >= 0.3 is 0 Å². The van der Waals surface area contributed by atoms with Gasteiger partial charge in [0.05, 0.1) is 12.6 Å². The summed E-state index contributed by atoms with van der Waals surface area (Å²) in [5.74, 6) is -1.50. The molecule has 4 N–H and O–H groups in total. The number of rotatable bonds is 12. The van der Waals surface area contributed by atoms with Crippen molar-refractivity contribution in [2.45, 2.75) is 84.2 Å². The van der Waals surface area contributed by atoms with E-state index < -0.39 is 17.9 Å². The Morgan fingerprint density at radius 2 is 1.93 bits per heavy atom. The number of hydrogen-bond donors (Lipinski definition) is 4. The number of carbonyl (C=O) groups excluding carboxylic acids is 3. The molecule has 162 valence electrons. The summed E-state index contributed by atoms with van der Waals surface area (Å²) in [5, 5.41) is 21.2. The molecule has 0 radical (unpaired) electrons. The Balaban J connectivity index is 2.86. The summed E-state index contributed by atoms with van der Waals surface area (Å²) in [7, 11) is 0. The minimum atomic E-state index is -0.675. The van der Waals surface area contributed by atoms with Gasteiger partial charge in [-0.05, 0) is 31.6 Å². The van der Waals surface area contributed by atoms with Gasteiger partial charge in [0.1, 0.15) is 6.04 Å². The topological polar surface area (TPSA) is 119 Å². The molecule has 0 aromatic rings. The number of carbonyl (C=O) groups is 3. The Kier molecular flexibility index (Phi) is 11.1. The zero-order chi connectivity index (χ0) is 21.1. The molecule has 1 aliphatic heterocycles. The first-order valence-electron chi connectivity index (χ1n) is 10.5. The normalized spacial score (nSPS) is 18.8. The minimum absolute atomic E-state index is 0.0790. The predicted octanol–water partition coefficient (Wildman–Crippen LogP) is 1.59. The van der Waals surface area contributed by atoms with Crippen LogP contribution in [0.5, 0.6) is 0 Å². The van der Waals surface area contributed by atoms with Gasteiger partial charge in [0.15, 0.2) is 0 Å². The van der Waals surface area contributed by atoms with Crippen LogP contribution in [0.1, 0.15) is 72.1 Å². The third-order valence-corrected chi connectivity index (χ3v) is 5.28. The van der Waals surface area contributed by atoms with Crippen LogP contribution in [0.2, 0.25) is 0 Å². The highest BCUT2D eigenvalue weighted by Crippen LogP contribution is 2.21. The highest BCUT2D eigenvalue weighted by molar-refractivity contribution is 5.90. The number of unbranched alkanes of at least 4 members (excludes halogenated alkanes) is 2. The first-order chi connectivity index (χ1) is 13.3. The van der Waals surface area contributed by atoms with Crippen LogP contribution in [0.15, 0.2) is 0 Å². The summed E-state index contributed by atoms with van der Waals surface area (Å²) in [5.41, 5.74) is 1.59. The van der Waals surface area contributed by atoms with Crippen LogP contribution in [0.3, 0.4) is 0 Å². The molecule has 1 aliphatic rings. The summed E-state index contributed by atoms with van der Waals surface area (Å²) in [4.78, 5) is 39.2. The van der Waals surface area contributed by atoms with Crippen LogP contribution in [-0.2, 0) is 14.4 Å². The third-order valence-electron chi connectivity index (χ3n) is 5.28. The van der Waals surface area contributed by atoms with Crippen molar-refractivity contribution < 1.29 is 24.7 Å². The highest BCUT2D eigenvalue weighted by Gasteiger charge is 2.35. The molecule has 1 heterocycles. The lowest BCUT2D eigenvalue weighted by molar-refractivity contribution is -0.140.